The first-order valence-electron chi connectivity index (χ1n) is 8.42. The number of fused-ring (bicyclic) bond motifs is 1. The van der Waals surface area contributed by atoms with Crippen LogP contribution >= 0.6 is 11.3 Å². The summed E-state index contributed by atoms with van der Waals surface area (Å²) in [6.45, 7) is 8.34. The molecule has 126 valence electrons. The van der Waals surface area contributed by atoms with Crippen LogP contribution in [-0.2, 0) is 18.4 Å². The molecule has 0 radical (unpaired) electrons. The van der Waals surface area contributed by atoms with Crippen LogP contribution in [0.5, 0.6) is 0 Å². The second-order valence-corrected chi connectivity index (χ2v) is 7.81. The summed E-state index contributed by atoms with van der Waals surface area (Å²) in [5.41, 5.74) is 1.19. The first-order valence-corrected chi connectivity index (χ1v) is 9.24. The summed E-state index contributed by atoms with van der Waals surface area (Å²) in [4.78, 5) is 6.11. The van der Waals surface area contributed by atoms with Crippen molar-refractivity contribution in [3.8, 4) is 0 Å². The molecule has 0 aromatic carbocycles. The molecule has 2 heterocycles. The van der Waals surface area contributed by atoms with Gasteiger partial charge in [0.15, 0.2) is 0 Å². The second-order valence-electron chi connectivity index (χ2n) is 6.70. The fourth-order valence-corrected chi connectivity index (χ4v) is 4.56. The Bertz CT molecular complexity index is 687. The van der Waals surface area contributed by atoms with Gasteiger partial charge in [-0.15, -0.1) is 11.3 Å². The minimum Gasteiger partial charge on any atom is -0.466 e. The van der Waals surface area contributed by atoms with Gasteiger partial charge in [0.25, 0.3) is 0 Å². The Morgan fingerprint density at radius 1 is 1.48 bits per heavy atom. The number of thiazole rings is 1. The Balaban J connectivity index is 1.74. The predicted molar refractivity (Wildman–Crippen MR) is 92.9 cm³/mol. The van der Waals surface area contributed by atoms with Crippen molar-refractivity contribution in [3.63, 3.8) is 0 Å². The molecule has 0 aliphatic heterocycles. The lowest BCUT2D eigenvalue weighted by molar-refractivity contribution is 0.0517. The smallest absolute Gasteiger partial charge is 0.107 e. The molecule has 0 fully saturated rings. The van der Waals surface area contributed by atoms with Crippen LogP contribution in [0.4, 0.5) is 0 Å². The van der Waals surface area contributed by atoms with Gasteiger partial charge in [-0.3, -0.25) is 0 Å². The standard InChI is InChI=1S/C18H26N2O2S/c1-5-16-20-15-8-6-7-14(17(15)23-16)19-10-18(4,21)13-9-11(2)22-12(13)3/h9,14,19,21H,5-8,10H2,1-4H3. The van der Waals surface area contributed by atoms with Crippen molar-refractivity contribution < 1.29 is 9.52 Å². The van der Waals surface area contributed by atoms with Crippen molar-refractivity contribution in [1.29, 1.82) is 0 Å². The monoisotopic (exact) mass is 334 g/mol. The van der Waals surface area contributed by atoms with E-state index in [0.717, 1.165) is 42.8 Å². The SMILES string of the molecule is CCc1nc2c(s1)C(NCC(C)(O)c1cc(C)oc1C)CCC2. The number of hydrogen-bond acceptors (Lipinski definition) is 5. The minimum absolute atomic E-state index is 0.302. The molecule has 1 aliphatic carbocycles. The highest BCUT2D eigenvalue weighted by atomic mass is 32.1. The molecule has 3 rings (SSSR count). The fraction of sp³-hybridized carbons (Fsp3) is 0.611. The van der Waals surface area contributed by atoms with Gasteiger partial charge in [0.1, 0.15) is 17.1 Å². The maximum atomic E-state index is 10.9. The highest BCUT2D eigenvalue weighted by Crippen LogP contribution is 2.35. The third-order valence-electron chi connectivity index (χ3n) is 4.61. The van der Waals surface area contributed by atoms with E-state index < -0.39 is 5.60 Å². The maximum absolute atomic E-state index is 10.9. The van der Waals surface area contributed by atoms with Crippen molar-refractivity contribution in [3.05, 3.63) is 38.7 Å². The third kappa shape index (κ3) is 3.37. The largest absolute Gasteiger partial charge is 0.466 e. The molecule has 0 saturated heterocycles. The number of furan rings is 1. The average Bonchev–Trinajstić information content (AvgIpc) is 3.08. The summed E-state index contributed by atoms with van der Waals surface area (Å²) < 4.78 is 5.57. The molecule has 2 aromatic rings. The van der Waals surface area contributed by atoms with Crippen LogP contribution in [0.3, 0.4) is 0 Å². The van der Waals surface area contributed by atoms with Gasteiger partial charge in [-0.1, -0.05) is 6.92 Å². The molecule has 0 saturated carbocycles. The van der Waals surface area contributed by atoms with E-state index in [1.54, 1.807) is 0 Å². The van der Waals surface area contributed by atoms with Crippen molar-refractivity contribution in [2.45, 2.75) is 65.0 Å². The first-order chi connectivity index (χ1) is 10.9. The molecular weight excluding hydrogens is 308 g/mol. The van der Waals surface area contributed by atoms with Gasteiger partial charge in [-0.05, 0) is 52.5 Å². The second kappa shape index (κ2) is 6.38. The lowest BCUT2D eigenvalue weighted by Crippen LogP contribution is -2.38. The molecule has 2 atom stereocenters. The summed E-state index contributed by atoms with van der Waals surface area (Å²) in [7, 11) is 0. The van der Waals surface area contributed by atoms with Crippen LogP contribution in [-0.4, -0.2) is 16.6 Å². The number of aliphatic hydroxyl groups is 1. The molecule has 2 unspecified atom stereocenters. The average molecular weight is 334 g/mol. The molecule has 23 heavy (non-hydrogen) atoms. The van der Waals surface area contributed by atoms with Crippen molar-refractivity contribution >= 4 is 11.3 Å². The van der Waals surface area contributed by atoms with E-state index >= 15 is 0 Å². The zero-order valence-corrected chi connectivity index (χ0v) is 15.2. The number of aryl methyl sites for hydroxylation is 4. The Hall–Kier alpha value is -1.17. The van der Waals surface area contributed by atoms with Crippen LogP contribution in [0.15, 0.2) is 10.5 Å². The highest BCUT2D eigenvalue weighted by molar-refractivity contribution is 7.11. The van der Waals surface area contributed by atoms with Gasteiger partial charge in [-0.2, -0.15) is 0 Å². The summed E-state index contributed by atoms with van der Waals surface area (Å²) in [6.07, 6.45) is 4.34. The van der Waals surface area contributed by atoms with E-state index in [4.69, 9.17) is 9.40 Å². The Labute approximate surface area is 141 Å². The number of nitrogens with one attached hydrogen (secondary N) is 1. The lowest BCUT2D eigenvalue weighted by Gasteiger charge is -2.28. The van der Waals surface area contributed by atoms with Crippen LogP contribution in [0.25, 0.3) is 0 Å². The van der Waals surface area contributed by atoms with Gasteiger partial charge in [0, 0.05) is 23.0 Å². The van der Waals surface area contributed by atoms with Gasteiger partial charge in [-0.25, -0.2) is 4.98 Å². The van der Waals surface area contributed by atoms with E-state index in [0.29, 0.717) is 12.6 Å². The molecule has 0 amide bonds. The molecule has 4 nitrogen and oxygen atoms in total. The molecule has 0 bridgehead atoms. The molecular formula is C18H26N2O2S. The van der Waals surface area contributed by atoms with E-state index in [1.165, 1.54) is 15.6 Å². The molecule has 2 aromatic heterocycles. The van der Waals surface area contributed by atoms with E-state index in [-0.39, 0.29) is 0 Å². The predicted octanol–water partition coefficient (Wildman–Crippen LogP) is 3.79. The van der Waals surface area contributed by atoms with E-state index in [9.17, 15) is 5.11 Å². The molecule has 1 aliphatic rings. The normalized spacial score (nSPS) is 20.3. The van der Waals surface area contributed by atoms with Crippen molar-refractivity contribution in [2.75, 3.05) is 6.54 Å². The Morgan fingerprint density at radius 2 is 2.26 bits per heavy atom. The fourth-order valence-electron chi connectivity index (χ4n) is 3.40. The number of aromatic nitrogens is 1. The zero-order chi connectivity index (χ0) is 16.6. The highest BCUT2D eigenvalue weighted by Gasteiger charge is 2.30. The summed E-state index contributed by atoms with van der Waals surface area (Å²) >= 11 is 1.82. The van der Waals surface area contributed by atoms with Gasteiger partial charge < -0.3 is 14.8 Å². The number of rotatable bonds is 5. The van der Waals surface area contributed by atoms with Gasteiger partial charge in [0.2, 0.25) is 0 Å². The first kappa shape index (κ1) is 16.7. The summed E-state index contributed by atoms with van der Waals surface area (Å²) in [6, 6.07) is 2.24. The lowest BCUT2D eigenvalue weighted by atomic mass is 9.93. The Morgan fingerprint density at radius 3 is 2.91 bits per heavy atom. The van der Waals surface area contributed by atoms with Crippen LogP contribution in [0.1, 0.15) is 65.4 Å². The quantitative estimate of drug-likeness (QED) is 0.873. The van der Waals surface area contributed by atoms with Crippen LogP contribution in [0.2, 0.25) is 0 Å². The van der Waals surface area contributed by atoms with Crippen molar-refractivity contribution in [2.24, 2.45) is 0 Å². The summed E-state index contributed by atoms with van der Waals surface area (Å²) in [5, 5.41) is 15.7. The molecule has 5 heteroatoms. The van der Waals surface area contributed by atoms with Gasteiger partial charge in [0.05, 0.1) is 10.7 Å². The number of hydrogen-bond donors (Lipinski definition) is 2. The summed E-state index contributed by atoms with van der Waals surface area (Å²) in [5.74, 6) is 1.64. The molecule has 2 N–H and O–H groups in total. The van der Waals surface area contributed by atoms with Crippen molar-refractivity contribution in [1.82, 2.24) is 10.3 Å². The maximum Gasteiger partial charge on any atom is 0.107 e. The van der Waals surface area contributed by atoms with Crippen LogP contribution in [0, 0.1) is 13.8 Å². The number of nitrogens with zero attached hydrogens (tertiary/aromatic N) is 1. The Kier molecular flexibility index (Phi) is 4.63. The third-order valence-corrected chi connectivity index (χ3v) is 5.97. The molecule has 0 spiro atoms. The minimum atomic E-state index is -0.933. The van der Waals surface area contributed by atoms with E-state index in [2.05, 4.69) is 12.2 Å². The van der Waals surface area contributed by atoms with Gasteiger partial charge >= 0.3 is 0 Å². The van der Waals surface area contributed by atoms with Crippen LogP contribution < -0.4 is 5.32 Å². The topological polar surface area (TPSA) is 58.3 Å². The van der Waals surface area contributed by atoms with E-state index in [1.807, 2.05) is 38.2 Å². The zero-order valence-electron chi connectivity index (χ0n) is 14.4.